The standard InChI is InChI=1S/C13H9NO3/c15-8-9-1-3-10(4-2-9)11-5-6-12(13(16)17)14-7-11/h1-8H,(H,16,17). The van der Waals surface area contributed by atoms with E-state index in [-0.39, 0.29) is 5.69 Å². The smallest absolute Gasteiger partial charge is 0.354 e. The van der Waals surface area contributed by atoms with E-state index in [9.17, 15) is 9.59 Å². The summed E-state index contributed by atoms with van der Waals surface area (Å²) in [5.74, 6) is -1.05. The van der Waals surface area contributed by atoms with Crippen LogP contribution in [0, 0.1) is 0 Å². The molecule has 2 rings (SSSR count). The summed E-state index contributed by atoms with van der Waals surface area (Å²) in [7, 11) is 0. The van der Waals surface area contributed by atoms with Gasteiger partial charge in [-0.2, -0.15) is 0 Å². The van der Waals surface area contributed by atoms with Gasteiger partial charge in [0.1, 0.15) is 12.0 Å². The molecule has 17 heavy (non-hydrogen) atoms. The highest BCUT2D eigenvalue weighted by molar-refractivity contribution is 5.85. The van der Waals surface area contributed by atoms with Crippen molar-refractivity contribution in [2.45, 2.75) is 0 Å². The van der Waals surface area contributed by atoms with Gasteiger partial charge in [-0.25, -0.2) is 9.78 Å². The molecule has 2 aromatic rings. The van der Waals surface area contributed by atoms with E-state index in [0.29, 0.717) is 5.56 Å². The van der Waals surface area contributed by atoms with Crippen LogP contribution in [0.25, 0.3) is 11.1 Å². The van der Waals surface area contributed by atoms with Crippen molar-refractivity contribution < 1.29 is 14.7 Å². The average molecular weight is 227 g/mol. The van der Waals surface area contributed by atoms with Gasteiger partial charge >= 0.3 is 5.97 Å². The SMILES string of the molecule is O=Cc1ccc(-c2ccc(C(=O)O)nc2)cc1. The monoisotopic (exact) mass is 227 g/mol. The lowest BCUT2D eigenvalue weighted by atomic mass is 10.1. The molecule has 0 aliphatic heterocycles. The van der Waals surface area contributed by atoms with Crippen LogP contribution in [-0.2, 0) is 0 Å². The minimum Gasteiger partial charge on any atom is -0.477 e. The summed E-state index contributed by atoms with van der Waals surface area (Å²) in [5, 5.41) is 8.71. The highest BCUT2D eigenvalue weighted by Gasteiger charge is 2.04. The Balaban J connectivity index is 2.32. The first kappa shape index (κ1) is 11.0. The zero-order valence-electron chi connectivity index (χ0n) is 8.83. The molecule has 84 valence electrons. The van der Waals surface area contributed by atoms with Crippen LogP contribution in [-0.4, -0.2) is 22.3 Å². The number of pyridine rings is 1. The van der Waals surface area contributed by atoms with Gasteiger partial charge in [0, 0.05) is 17.3 Å². The minimum absolute atomic E-state index is 0.0123. The molecule has 1 aromatic heterocycles. The molecule has 0 aliphatic carbocycles. The highest BCUT2D eigenvalue weighted by Crippen LogP contribution is 2.18. The number of aromatic nitrogens is 1. The molecule has 1 aromatic carbocycles. The topological polar surface area (TPSA) is 67.3 Å². The van der Waals surface area contributed by atoms with Gasteiger partial charge in [0.25, 0.3) is 0 Å². The predicted molar refractivity (Wildman–Crippen MR) is 62.0 cm³/mol. The minimum atomic E-state index is -1.05. The van der Waals surface area contributed by atoms with Gasteiger partial charge in [0.2, 0.25) is 0 Å². The fraction of sp³-hybridized carbons (Fsp3) is 0. The molecular formula is C13H9NO3. The van der Waals surface area contributed by atoms with Crippen LogP contribution in [0.2, 0.25) is 0 Å². The van der Waals surface area contributed by atoms with Crippen molar-refractivity contribution in [1.29, 1.82) is 0 Å². The summed E-state index contributed by atoms with van der Waals surface area (Å²) in [5.41, 5.74) is 2.31. The van der Waals surface area contributed by atoms with Gasteiger partial charge in [-0.3, -0.25) is 4.79 Å². The highest BCUT2D eigenvalue weighted by atomic mass is 16.4. The molecule has 0 atom stereocenters. The number of nitrogens with zero attached hydrogens (tertiary/aromatic N) is 1. The first-order valence-corrected chi connectivity index (χ1v) is 4.95. The summed E-state index contributed by atoms with van der Waals surface area (Å²) in [4.78, 5) is 25.0. The maximum Gasteiger partial charge on any atom is 0.354 e. The Hall–Kier alpha value is -2.49. The molecule has 0 amide bonds. The fourth-order valence-corrected chi connectivity index (χ4v) is 1.45. The third-order valence-electron chi connectivity index (χ3n) is 2.36. The van der Waals surface area contributed by atoms with Crippen molar-refractivity contribution in [1.82, 2.24) is 4.98 Å². The number of carboxylic acids is 1. The van der Waals surface area contributed by atoms with E-state index in [1.165, 1.54) is 12.3 Å². The number of rotatable bonds is 3. The molecule has 0 saturated heterocycles. The first-order chi connectivity index (χ1) is 8.20. The van der Waals surface area contributed by atoms with Crippen molar-refractivity contribution in [2.75, 3.05) is 0 Å². The number of benzene rings is 1. The third kappa shape index (κ3) is 2.36. The van der Waals surface area contributed by atoms with Crippen molar-refractivity contribution in [3.8, 4) is 11.1 Å². The van der Waals surface area contributed by atoms with Crippen LogP contribution >= 0.6 is 0 Å². The Bertz CT molecular complexity index is 544. The molecule has 0 bridgehead atoms. The Morgan fingerprint density at radius 2 is 1.71 bits per heavy atom. The van der Waals surface area contributed by atoms with Crippen molar-refractivity contribution in [2.24, 2.45) is 0 Å². The molecule has 1 heterocycles. The van der Waals surface area contributed by atoms with E-state index >= 15 is 0 Å². The first-order valence-electron chi connectivity index (χ1n) is 4.95. The zero-order valence-corrected chi connectivity index (χ0v) is 8.83. The van der Waals surface area contributed by atoms with Gasteiger partial charge < -0.3 is 5.11 Å². The summed E-state index contributed by atoms with van der Waals surface area (Å²) < 4.78 is 0. The second-order valence-electron chi connectivity index (χ2n) is 3.48. The Morgan fingerprint density at radius 1 is 1.06 bits per heavy atom. The molecule has 0 spiro atoms. The van der Waals surface area contributed by atoms with Gasteiger partial charge in [-0.15, -0.1) is 0 Å². The van der Waals surface area contributed by atoms with Crippen LogP contribution < -0.4 is 0 Å². The molecule has 4 nitrogen and oxygen atoms in total. The lowest BCUT2D eigenvalue weighted by molar-refractivity contribution is 0.0690. The second-order valence-corrected chi connectivity index (χ2v) is 3.48. The predicted octanol–water partition coefficient (Wildman–Crippen LogP) is 2.26. The molecular weight excluding hydrogens is 218 g/mol. The van der Waals surface area contributed by atoms with E-state index in [2.05, 4.69) is 4.98 Å². The number of carbonyl (C=O) groups excluding carboxylic acids is 1. The lowest BCUT2D eigenvalue weighted by Crippen LogP contribution is -1.99. The van der Waals surface area contributed by atoms with Crippen LogP contribution in [0.1, 0.15) is 20.8 Å². The zero-order chi connectivity index (χ0) is 12.3. The molecule has 0 radical (unpaired) electrons. The fourth-order valence-electron chi connectivity index (χ4n) is 1.45. The maximum absolute atomic E-state index is 10.6. The van der Waals surface area contributed by atoms with Crippen molar-refractivity contribution >= 4 is 12.3 Å². The van der Waals surface area contributed by atoms with Crippen LogP contribution in [0.5, 0.6) is 0 Å². The van der Waals surface area contributed by atoms with E-state index < -0.39 is 5.97 Å². The Labute approximate surface area is 97.6 Å². The normalized spacial score (nSPS) is 9.88. The van der Waals surface area contributed by atoms with Gasteiger partial charge in [0.15, 0.2) is 0 Å². The molecule has 0 saturated carbocycles. The van der Waals surface area contributed by atoms with Crippen molar-refractivity contribution in [3.05, 3.63) is 53.9 Å². The largest absolute Gasteiger partial charge is 0.477 e. The van der Waals surface area contributed by atoms with E-state index in [4.69, 9.17) is 5.11 Å². The molecule has 0 aliphatic rings. The van der Waals surface area contributed by atoms with Crippen LogP contribution in [0.15, 0.2) is 42.6 Å². The van der Waals surface area contributed by atoms with Crippen LogP contribution in [0.4, 0.5) is 0 Å². The number of hydrogen-bond acceptors (Lipinski definition) is 3. The molecule has 1 N–H and O–H groups in total. The number of carboxylic acid groups (broad SMARTS) is 1. The quantitative estimate of drug-likeness (QED) is 0.816. The number of hydrogen-bond donors (Lipinski definition) is 1. The molecule has 4 heteroatoms. The average Bonchev–Trinajstić information content (AvgIpc) is 2.39. The van der Waals surface area contributed by atoms with E-state index in [1.54, 1.807) is 30.3 Å². The maximum atomic E-state index is 10.6. The summed E-state index contributed by atoms with van der Waals surface area (Å²) >= 11 is 0. The number of carbonyl (C=O) groups is 2. The van der Waals surface area contributed by atoms with Crippen LogP contribution in [0.3, 0.4) is 0 Å². The summed E-state index contributed by atoms with van der Waals surface area (Å²) in [6.07, 6.45) is 2.27. The lowest BCUT2D eigenvalue weighted by Gasteiger charge is -2.01. The number of aromatic carboxylic acids is 1. The van der Waals surface area contributed by atoms with Gasteiger partial charge in [0.05, 0.1) is 0 Å². The third-order valence-corrected chi connectivity index (χ3v) is 2.36. The van der Waals surface area contributed by atoms with Gasteiger partial charge in [-0.05, 0) is 11.6 Å². The summed E-state index contributed by atoms with van der Waals surface area (Å²) in [6, 6.07) is 10.1. The van der Waals surface area contributed by atoms with E-state index in [1.807, 2.05) is 0 Å². The molecule has 0 unspecified atom stereocenters. The van der Waals surface area contributed by atoms with Crippen molar-refractivity contribution in [3.63, 3.8) is 0 Å². The Kier molecular flexibility index (Phi) is 2.96. The van der Waals surface area contributed by atoms with Gasteiger partial charge in [-0.1, -0.05) is 30.3 Å². The van der Waals surface area contributed by atoms with E-state index in [0.717, 1.165) is 17.4 Å². The Morgan fingerprint density at radius 3 is 2.18 bits per heavy atom. The molecule has 0 fully saturated rings. The summed E-state index contributed by atoms with van der Waals surface area (Å²) in [6.45, 7) is 0. The number of aldehydes is 1. The second kappa shape index (κ2) is 4.57.